The molecule has 0 radical (unpaired) electrons. The van der Waals surface area contributed by atoms with Crippen LogP contribution in [0.25, 0.3) is 0 Å². The van der Waals surface area contributed by atoms with Crippen LogP contribution in [0.5, 0.6) is 5.75 Å². The van der Waals surface area contributed by atoms with E-state index in [0.29, 0.717) is 83.3 Å². The number of anilines is 5. The van der Waals surface area contributed by atoms with E-state index in [2.05, 4.69) is 31.2 Å². The standard InChI is InChI=1S/C44H55N11O9/c1-3-33-39(46)54(26-45)35-24-48-44(52-40(35)55(33)28-7-4-5-8-28)50-32-12-11-27(23-36(32)61-2)41(58)47-16-18-63-20-22-64-21-19-62-17-15-38(57)49-31-10-6-9-29-30(31)25-53(43(29)60)34-13-14-37(56)51-42(34)59/h6,9-12,23-24,26,28,33-34,45-46H,3-5,7-8,13-22,25H2,1-2H3,(H,47,58)(H,49,57)(H,48,50,52)(H,51,56,59)/t33-,34?/m1/s1. The van der Waals surface area contributed by atoms with Crippen LogP contribution in [0.1, 0.15) is 84.6 Å². The Balaban J connectivity index is 0.775. The van der Waals surface area contributed by atoms with Crippen LogP contribution in [0.15, 0.2) is 42.6 Å². The van der Waals surface area contributed by atoms with Crippen molar-refractivity contribution in [2.24, 2.45) is 0 Å². The molecule has 64 heavy (non-hydrogen) atoms. The highest BCUT2D eigenvalue weighted by molar-refractivity contribution is 6.16. The number of nitrogens with zero attached hydrogens (tertiary/aromatic N) is 5. The molecule has 2 fully saturated rings. The minimum atomic E-state index is -0.740. The van der Waals surface area contributed by atoms with E-state index in [0.717, 1.165) is 32.0 Å². The number of fused-ring (bicyclic) bond motifs is 2. The molecule has 0 spiro atoms. The Morgan fingerprint density at radius 2 is 1.72 bits per heavy atom. The van der Waals surface area contributed by atoms with Gasteiger partial charge in [-0.15, -0.1) is 0 Å². The SMILES string of the molecule is CC[C@@H]1C(=N)N(C=N)c2cnc(Nc3ccc(C(=O)NCCOCCOCCOCCC(=O)Nc4cccc5c4CN(C4CCC(=O)NC4=O)C5=O)cc3OC)nc2N1C1CCCC1. The zero-order valence-electron chi connectivity index (χ0n) is 36.1. The number of imide groups is 1. The maximum Gasteiger partial charge on any atom is 0.255 e. The van der Waals surface area contributed by atoms with Crippen LogP contribution >= 0.6 is 0 Å². The Morgan fingerprint density at radius 1 is 0.969 bits per heavy atom. The van der Waals surface area contributed by atoms with Crippen molar-refractivity contribution in [1.29, 1.82) is 10.8 Å². The molecule has 0 bridgehead atoms. The molecule has 2 aromatic carbocycles. The smallest absolute Gasteiger partial charge is 0.255 e. The van der Waals surface area contributed by atoms with Gasteiger partial charge in [-0.25, -0.2) is 4.98 Å². The van der Waals surface area contributed by atoms with Gasteiger partial charge in [-0.1, -0.05) is 25.8 Å². The van der Waals surface area contributed by atoms with Crippen LogP contribution in [0.2, 0.25) is 0 Å². The van der Waals surface area contributed by atoms with E-state index >= 15 is 0 Å². The number of rotatable bonds is 21. The van der Waals surface area contributed by atoms with Gasteiger partial charge in [0.05, 0.1) is 77.4 Å². The van der Waals surface area contributed by atoms with Crippen molar-refractivity contribution in [1.82, 2.24) is 25.5 Å². The Morgan fingerprint density at radius 3 is 2.44 bits per heavy atom. The van der Waals surface area contributed by atoms with Gasteiger partial charge in [0, 0.05) is 47.9 Å². The summed E-state index contributed by atoms with van der Waals surface area (Å²) in [6.07, 6.45) is 8.27. The molecule has 1 saturated heterocycles. The zero-order chi connectivity index (χ0) is 45.2. The summed E-state index contributed by atoms with van der Waals surface area (Å²) >= 11 is 0. The van der Waals surface area contributed by atoms with Crippen molar-refractivity contribution in [2.75, 3.05) is 73.7 Å². The first-order valence-electron chi connectivity index (χ1n) is 21.7. The monoisotopic (exact) mass is 881 g/mol. The predicted molar refractivity (Wildman–Crippen MR) is 237 cm³/mol. The molecule has 1 unspecified atom stereocenters. The maximum atomic E-state index is 13.0. The lowest BCUT2D eigenvalue weighted by Gasteiger charge is -2.44. The van der Waals surface area contributed by atoms with Crippen molar-refractivity contribution in [3.63, 3.8) is 0 Å². The number of benzene rings is 2. The highest BCUT2D eigenvalue weighted by atomic mass is 16.5. The molecule has 3 aliphatic heterocycles. The third-order valence-electron chi connectivity index (χ3n) is 11.7. The molecule has 4 aliphatic rings. The van der Waals surface area contributed by atoms with E-state index in [-0.39, 0.29) is 87.9 Å². The second-order valence-electron chi connectivity index (χ2n) is 15.7. The van der Waals surface area contributed by atoms with Gasteiger partial charge < -0.3 is 44.7 Å². The number of carbonyl (C=O) groups is 5. The first-order valence-corrected chi connectivity index (χ1v) is 21.7. The Hall–Kier alpha value is -6.51. The predicted octanol–water partition coefficient (Wildman–Crippen LogP) is 3.73. The molecule has 6 N–H and O–H groups in total. The van der Waals surface area contributed by atoms with E-state index in [1.165, 1.54) is 16.9 Å². The summed E-state index contributed by atoms with van der Waals surface area (Å²) in [5.74, 6) is 0.0293. The molecule has 1 aliphatic carbocycles. The molecule has 3 aromatic rings. The number of ether oxygens (including phenoxy) is 4. The fraction of sp³-hybridized carbons (Fsp3) is 0.477. The quantitative estimate of drug-likeness (QED) is 0.0386. The first kappa shape index (κ1) is 45.5. The molecule has 5 amide bonds. The highest BCUT2D eigenvalue weighted by Gasteiger charge is 2.41. The van der Waals surface area contributed by atoms with Crippen LogP contribution in [0.4, 0.5) is 28.8 Å². The number of nitrogens with one attached hydrogen (secondary N) is 6. The number of hydrogen-bond acceptors (Lipinski definition) is 15. The summed E-state index contributed by atoms with van der Waals surface area (Å²) in [5, 5.41) is 28.0. The van der Waals surface area contributed by atoms with Gasteiger partial charge in [0.15, 0.2) is 5.82 Å². The summed E-state index contributed by atoms with van der Waals surface area (Å²) in [7, 11) is 1.52. The lowest BCUT2D eigenvalue weighted by molar-refractivity contribution is -0.137. The highest BCUT2D eigenvalue weighted by Crippen LogP contribution is 2.41. The second-order valence-corrected chi connectivity index (χ2v) is 15.7. The molecular formula is C44H55N11O9. The van der Waals surface area contributed by atoms with Gasteiger partial charge in [0.2, 0.25) is 23.7 Å². The van der Waals surface area contributed by atoms with Gasteiger partial charge in [-0.05, 0) is 56.0 Å². The number of piperidine rings is 1. The summed E-state index contributed by atoms with van der Waals surface area (Å²) in [6, 6.07) is 9.39. The largest absolute Gasteiger partial charge is 0.495 e. The van der Waals surface area contributed by atoms with Crippen LogP contribution in [-0.4, -0.2) is 128 Å². The number of methoxy groups -OCH3 is 1. The van der Waals surface area contributed by atoms with E-state index in [4.69, 9.17) is 34.7 Å². The normalized spacial score (nSPS) is 18.4. The van der Waals surface area contributed by atoms with E-state index < -0.39 is 11.9 Å². The van der Waals surface area contributed by atoms with Gasteiger partial charge in [-0.3, -0.25) is 45.0 Å². The van der Waals surface area contributed by atoms with Crippen molar-refractivity contribution in [3.8, 4) is 5.75 Å². The third kappa shape index (κ3) is 10.3. The van der Waals surface area contributed by atoms with Gasteiger partial charge in [-0.2, -0.15) is 4.98 Å². The zero-order valence-corrected chi connectivity index (χ0v) is 36.1. The van der Waals surface area contributed by atoms with Crippen LogP contribution in [-0.2, 0) is 35.1 Å². The average Bonchev–Trinajstić information content (AvgIpc) is 3.95. The molecular weight excluding hydrogens is 827 g/mol. The second kappa shape index (κ2) is 21.2. The third-order valence-corrected chi connectivity index (χ3v) is 11.7. The minimum Gasteiger partial charge on any atom is -0.495 e. The van der Waals surface area contributed by atoms with E-state index in [1.807, 2.05) is 6.92 Å². The topological polar surface area (TPSA) is 254 Å². The molecule has 1 saturated carbocycles. The molecule has 1 aromatic heterocycles. The minimum absolute atomic E-state index is 0.0839. The number of amidine groups is 1. The molecule has 20 heteroatoms. The van der Waals surface area contributed by atoms with Crippen LogP contribution in [0.3, 0.4) is 0 Å². The molecule has 20 nitrogen and oxygen atoms in total. The summed E-state index contributed by atoms with van der Waals surface area (Å²) in [4.78, 5) is 77.2. The van der Waals surface area contributed by atoms with Crippen LogP contribution in [0, 0.1) is 10.8 Å². The fourth-order valence-corrected chi connectivity index (χ4v) is 8.51. The maximum absolute atomic E-state index is 13.0. The number of aromatic nitrogens is 2. The van der Waals surface area contributed by atoms with Gasteiger partial charge in [0.25, 0.3) is 11.8 Å². The van der Waals surface area contributed by atoms with Crippen molar-refractivity contribution >= 4 is 70.5 Å². The summed E-state index contributed by atoms with van der Waals surface area (Å²) < 4.78 is 22.3. The Bertz CT molecular complexity index is 2250. The fourth-order valence-electron chi connectivity index (χ4n) is 8.51. The molecule has 340 valence electrons. The van der Waals surface area contributed by atoms with Crippen LogP contribution < -0.4 is 35.8 Å². The Labute approximate surface area is 370 Å². The number of amides is 5. The number of carbonyl (C=O) groups excluding carboxylic acids is 5. The lowest BCUT2D eigenvalue weighted by atomic mass is 10.0. The average molecular weight is 882 g/mol. The van der Waals surface area contributed by atoms with E-state index in [1.54, 1.807) is 42.6 Å². The van der Waals surface area contributed by atoms with Gasteiger partial charge >= 0.3 is 0 Å². The first-order chi connectivity index (χ1) is 31.1. The van der Waals surface area contributed by atoms with E-state index in [9.17, 15) is 24.0 Å². The Kier molecular flexibility index (Phi) is 15.1. The van der Waals surface area contributed by atoms with Crippen molar-refractivity contribution in [2.45, 2.75) is 83.0 Å². The number of hydrogen-bond donors (Lipinski definition) is 6. The lowest BCUT2D eigenvalue weighted by Crippen LogP contribution is -2.56. The van der Waals surface area contributed by atoms with Crippen molar-refractivity contribution in [3.05, 3.63) is 59.3 Å². The molecule has 4 heterocycles. The molecule has 7 rings (SSSR count). The van der Waals surface area contributed by atoms with Crippen molar-refractivity contribution < 1.29 is 42.9 Å². The summed E-state index contributed by atoms with van der Waals surface area (Å²) in [5.41, 5.74) is 3.09. The van der Waals surface area contributed by atoms with Gasteiger partial charge in [0.1, 0.15) is 23.3 Å². The molecule has 2 atom stereocenters. The summed E-state index contributed by atoms with van der Waals surface area (Å²) in [6.45, 7) is 4.09.